The van der Waals surface area contributed by atoms with E-state index in [1.54, 1.807) is 0 Å². The lowest BCUT2D eigenvalue weighted by Crippen LogP contribution is -2.46. The molecule has 0 amide bonds. The van der Waals surface area contributed by atoms with E-state index in [0.29, 0.717) is 13.1 Å². The number of carbonyl (C=O) groups is 2. The molecule has 1 fully saturated rings. The smallest absolute Gasteiger partial charge is 0.339 e. The molecule has 134 valence electrons. The zero-order valence-electron chi connectivity index (χ0n) is 13.3. The number of esters is 2. The highest BCUT2D eigenvalue weighted by Gasteiger charge is 2.31. The molecule has 1 saturated heterocycles. The highest BCUT2D eigenvalue weighted by Crippen LogP contribution is 2.23. The van der Waals surface area contributed by atoms with Crippen molar-refractivity contribution in [1.82, 2.24) is 9.62 Å². The summed E-state index contributed by atoms with van der Waals surface area (Å²) in [5.41, 5.74) is -0.0625. The molecule has 1 heterocycles. The molecule has 1 aromatic carbocycles. The normalized spacial score (nSPS) is 15.2. The van der Waals surface area contributed by atoms with Gasteiger partial charge in [0.1, 0.15) is 0 Å². The van der Waals surface area contributed by atoms with Crippen molar-refractivity contribution in [3.63, 3.8) is 0 Å². The number of hydrogen-bond acceptors (Lipinski definition) is 7. The van der Waals surface area contributed by atoms with E-state index in [2.05, 4.69) is 14.8 Å². The minimum Gasteiger partial charge on any atom is -0.465 e. The van der Waals surface area contributed by atoms with E-state index in [9.17, 15) is 18.0 Å². The first-order chi connectivity index (χ1) is 10.9. The van der Waals surface area contributed by atoms with Crippen LogP contribution in [0.3, 0.4) is 0 Å². The van der Waals surface area contributed by atoms with E-state index in [-0.39, 0.29) is 41.5 Å². The van der Waals surface area contributed by atoms with Gasteiger partial charge < -0.3 is 14.8 Å². The van der Waals surface area contributed by atoms with Crippen molar-refractivity contribution in [3.05, 3.63) is 29.3 Å². The Kier molecular flexibility index (Phi) is 7.15. The Labute approximate surface area is 146 Å². The maximum Gasteiger partial charge on any atom is 0.339 e. The minimum absolute atomic E-state index is 0. The Balaban J connectivity index is 0.00000288. The number of ether oxygens (including phenoxy) is 2. The Morgan fingerprint density at radius 2 is 1.67 bits per heavy atom. The fourth-order valence-corrected chi connectivity index (χ4v) is 3.93. The molecule has 10 heteroatoms. The van der Waals surface area contributed by atoms with Crippen molar-refractivity contribution in [3.8, 4) is 0 Å². The van der Waals surface area contributed by atoms with E-state index in [1.165, 1.54) is 23.5 Å². The highest BCUT2D eigenvalue weighted by atomic mass is 35.5. The second-order valence-electron chi connectivity index (χ2n) is 4.85. The molecule has 0 bridgehead atoms. The molecule has 8 nitrogen and oxygen atoms in total. The molecular formula is C14H19ClN2O6S. The highest BCUT2D eigenvalue weighted by molar-refractivity contribution is 7.89. The number of halogens is 1. The Hall–Kier alpha value is -1.68. The van der Waals surface area contributed by atoms with Crippen molar-refractivity contribution in [2.75, 3.05) is 40.4 Å². The summed E-state index contributed by atoms with van der Waals surface area (Å²) in [5, 5.41) is 3.05. The summed E-state index contributed by atoms with van der Waals surface area (Å²) in [7, 11) is -1.57. The molecule has 0 spiro atoms. The molecule has 0 aromatic heterocycles. The molecule has 0 saturated carbocycles. The quantitative estimate of drug-likeness (QED) is 0.750. The zero-order chi connectivity index (χ0) is 17.0. The minimum atomic E-state index is -3.93. The van der Waals surface area contributed by atoms with Crippen LogP contribution in [-0.2, 0) is 19.5 Å². The summed E-state index contributed by atoms with van der Waals surface area (Å²) in [6, 6.07) is 3.73. The SMILES string of the molecule is COC(=O)c1ccc(C(=O)OC)c(S(=O)(=O)N2CCNCC2)c1.Cl. The molecule has 0 aliphatic carbocycles. The number of carbonyl (C=O) groups excluding carboxylic acids is 2. The number of rotatable bonds is 4. The zero-order valence-corrected chi connectivity index (χ0v) is 14.9. The van der Waals surface area contributed by atoms with Crippen LogP contribution < -0.4 is 5.32 Å². The molecule has 1 aliphatic rings. The summed E-state index contributed by atoms with van der Waals surface area (Å²) < 4.78 is 36.2. The fraction of sp³-hybridized carbons (Fsp3) is 0.429. The van der Waals surface area contributed by atoms with E-state index in [1.807, 2.05) is 0 Å². The molecule has 0 radical (unpaired) electrons. The molecule has 24 heavy (non-hydrogen) atoms. The second-order valence-corrected chi connectivity index (χ2v) is 6.75. The molecule has 0 unspecified atom stereocenters. The number of hydrogen-bond donors (Lipinski definition) is 1. The average molecular weight is 379 g/mol. The lowest BCUT2D eigenvalue weighted by molar-refractivity contribution is 0.0583. The van der Waals surface area contributed by atoms with E-state index < -0.39 is 22.0 Å². The van der Waals surface area contributed by atoms with Gasteiger partial charge in [-0.3, -0.25) is 0 Å². The predicted molar refractivity (Wildman–Crippen MR) is 88.0 cm³/mol. The number of nitrogens with one attached hydrogen (secondary N) is 1. The average Bonchev–Trinajstić information content (AvgIpc) is 2.60. The number of benzene rings is 1. The lowest BCUT2D eigenvalue weighted by atomic mass is 10.1. The van der Waals surface area contributed by atoms with Crippen molar-refractivity contribution >= 4 is 34.4 Å². The Morgan fingerprint density at radius 3 is 2.21 bits per heavy atom. The van der Waals surface area contributed by atoms with Gasteiger partial charge in [-0.1, -0.05) is 0 Å². The van der Waals surface area contributed by atoms with E-state index >= 15 is 0 Å². The van der Waals surface area contributed by atoms with Gasteiger partial charge >= 0.3 is 11.9 Å². The molecule has 0 atom stereocenters. The first kappa shape index (κ1) is 20.4. The van der Waals surface area contributed by atoms with Gasteiger partial charge in [-0.15, -0.1) is 12.4 Å². The van der Waals surface area contributed by atoms with Gasteiger partial charge in [0, 0.05) is 26.2 Å². The van der Waals surface area contributed by atoms with Crippen molar-refractivity contribution < 1.29 is 27.5 Å². The standard InChI is InChI=1S/C14H18N2O6S.ClH/c1-21-13(17)10-3-4-11(14(18)22-2)12(9-10)23(19,20)16-7-5-15-6-8-16;/h3-4,9,15H,5-8H2,1-2H3;1H. The van der Waals surface area contributed by atoms with Crippen LogP contribution in [-0.4, -0.2) is 65.1 Å². The van der Waals surface area contributed by atoms with Gasteiger partial charge in [0.2, 0.25) is 10.0 Å². The molecular weight excluding hydrogens is 360 g/mol. The fourth-order valence-electron chi connectivity index (χ4n) is 2.28. The van der Waals surface area contributed by atoms with Gasteiger partial charge in [-0.05, 0) is 18.2 Å². The van der Waals surface area contributed by atoms with Crippen LogP contribution in [0.15, 0.2) is 23.1 Å². The van der Waals surface area contributed by atoms with Crippen LogP contribution in [0.5, 0.6) is 0 Å². The number of piperazine rings is 1. The van der Waals surface area contributed by atoms with Crippen LogP contribution in [0, 0.1) is 0 Å². The predicted octanol–water partition coefficient (Wildman–Crippen LogP) is 0.276. The van der Waals surface area contributed by atoms with Gasteiger partial charge in [-0.2, -0.15) is 4.31 Å². The van der Waals surface area contributed by atoms with Gasteiger partial charge in [0.25, 0.3) is 0 Å². The first-order valence-corrected chi connectivity index (χ1v) is 8.37. The van der Waals surface area contributed by atoms with Gasteiger partial charge in [-0.25, -0.2) is 18.0 Å². The number of sulfonamides is 1. The topological polar surface area (TPSA) is 102 Å². The summed E-state index contributed by atoms with van der Waals surface area (Å²) in [6.45, 7) is 1.60. The molecule has 1 aliphatic heterocycles. The van der Waals surface area contributed by atoms with Gasteiger partial charge in [0.05, 0.1) is 30.2 Å². The third-order valence-electron chi connectivity index (χ3n) is 3.50. The van der Waals surface area contributed by atoms with Crippen LogP contribution >= 0.6 is 12.4 Å². The third-order valence-corrected chi connectivity index (χ3v) is 5.44. The first-order valence-electron chi connectivity index (χ1n) is 6.93. The lowest BCUT2D eigenvalue weighted by Gasteiger charge is -2.27. The molecule has 1 N–H and O–H groups in total. The monoisotopic (exact) mass is 378 g/mol. The van der Waals surface area contributed by atoms with Crippen LogP contribution in [0.4, 0.5) is 0 Å². The Bertz CT molecular complexity index is 716. The van der Waals surface area contributed by atoms with Crippen molar-refractivity contribution in [1.29, 1.82) is 0 Å². The van der Waals surface area contributed by atoms with Crippen LogP contribution in [0.2, 0.25) is 0 Å². The van der Waals surface area contributed by atoms with Crippen LogP contribution in [0.25, 0.3) is 0 Å². The maximum atomic E-state index is 12.8. The summed E-state index contributed by atoms with van der Waals surface area (Å²) in [5.74, 6) is -1.46. The van der Waals surface area contributed by atoms with E-state index in [4.69, 9.17) is 0 Å². The second kappa shape index (κ2) is 8.43. The van der Waals surface area contributed by atoms with Crippen molar-refractivity contribution in [2.24, 2.45) is 0 Å². The summed E-state index contributed by atoms with van der Waals surface area (Å²) in [4.78, 5) is 23.3. The Morgan fingerprint density at radius 1 is 1.08 bits per heavy atom. The summed E-state index contributed by atoms with van der Waals surface area (Å²) in [6.07, 6.45) is 0. The molecule has 2 rings (SSSR count). The van der Waals surface area contributed by atoms with Crippen molar-refractivity contribution in [2.45, 2.75) is 4.90 Å². The van der Waals surface area contributed by atoms with E-state index in [0.717, 1.165) is 13.2 Å². The van der Waals surface area contributed by atoms with Gasteiger partial charge in [0.15, 0.2) is 0 Å². The van der Waals surface area contributed by atoms with Crippen LogP contribution in [0.1, 0.15) is 20.7 Å². The molecule has 1 aromatic rings. The largest absolute Gasteiger partial charge is 0.465 e. The third kappa shape index (κ3) is 4.04. The maximum absolute atomic E-state index is 12.8. The number of methoxy groups -OCH3 is 2. The number of nitrogens with zero attached hydrogens (tertiary/aromatic N) is 1. The summed E-state index contributed by atoms with van der Waals surface area (Å²) >= 11 is 0.